The van der Waals surface area contributed by atoms with Crippen LogP contribution in [0.1, 0.15) is 5.56 Å². The number of aliphatic imine (C=N–C) groups is 1. The molecule has 1 aliphatic heterocycles. The topological polar surface area (TPSA) is 88.5 Å². The average Bonchev–Trinajstić information content (AvgIpc) is 2.52. The fourth-order valence-electron chi connectivity index (χ4n) is 1.33. The zero-order chi connectivity index (χ0) is 11.1. The Balaban J connectivity index is 2.50. The van der Waals surface area contributed by atoms with E-state index in [1.54, 1.807) is 18.2 Å². The van der Waals surface area contributed by atoms with Gasteiger partial charge in [0.15, 0.2) is 0 Å². The third-order valence-corrected chi connectivity index (χ3v) is 2.86. The summed E-state index contributed by atoms with van der Waals surface area (Å²) < 4.78 is 0. The van der Waals surface area contributed by atoms with Crippen LogP contribution in [-0.2, 0) is 5.79 Å². The van der Waals surface area contributed by atoms with Crippen LogP contribution in [0.25, 0.3) is 0 Å². The van der Waals surface area contributed by atoms with Crippen molar-refractivity contribution in [3.05, 3.63) is 33.8 Å². The van der Waals surface area contributed by atoms with Gasteiger partial charge < -0.3 is 5.73 Å². The second kappa shape index (κ2) is 3.53. The maximum Gasteiger partial charge on any atom is 0.210 e. The fourth-order valence-corrected chi connectivity index (χ4v) is 1.78. The van der Waals surface area contributed by atoms with Crippen molar-refractivity contribution in [2.24, 2.45) is 16.5 Å². The lowest BCUT2D eigenvalue weighted by molar-refractivity contribution is 0.375. The number of hydrazine groups is 1. The zero-order valence-electron chi connectivity index (χ0n) is 7.59. The summed E-state index contributed by atoms with van der Waals surface area (Å²) >= 11 is 11.9. The standard InChI is InChI=1S/C8H9Cl2N5/c9-5-3-1-2-4(6(5)10)8(12)13-7(11)14-15-8/h1-3,15H,12H2,(H3,11,13,14). The minimum atomic E-state index is -1.17. The third-order valence-electron chi connectivity index (χ3n) is 2.04. The van der Waals surface area contributed by atoms with E-state index in [2.05, 4.69) is 15.8 Å². The lowest BCUT2D eigenvalue weighted by Gasteiger charge is -2.22. The second-order valence-electron chi connectivity index (χ2n) is 3.11. The molecule has 2 rings (SSSR count). The van der Waals surface area contributed by atoms with Crippen molar-refractivity contribution in [1.82, 2.24) is 10.9 Å². The van der Waals surface area contributed by atoms with Crippen LogP contribution in [0, 0.1) is 0 Å². The summed E-state index contributed by atoms with van der Waals surface area (Å²) in [5, 5.41) is 0.774. The lowest BCUT2D eigenvalue weighted by atomic mass is 10.1. The molecule has 0 aliphatic carbocycles. The molecular weight excluding hydrogens is 237 g/mol. The van der Waals surface area contributed by atoms with Gasteiger partial charge in [0.05, 0.1) is 10.0 Å². The van der Waals surface area contributed by atoms with E-state index in [0.717, 1.165) is 0 Å². The Morgan fingerprint density at radius 3 is 2.67 bits per heavy atom. The van der Waals surface area contributed by atoms with Gasteiger partial charge in [0.2, 0.25) is 11.7 Å². The van der Waals surface area contributed by atoms with E-state index >= 15 is 0 Å². The van der Waals surface area contributed by atoms with E-state index in [1.807, 2.05) is 0 Å². The first-order valence-corrected chi connectivity index (χ1v) is 4.90. The third kappa shape index (κ3) is 1.74. The molecule has 1 atom stereocenters. The Labute approximate surface area is 96.4 Å². The van der Waals surface area contributed by atoms with Gasteiger partial charge in [0.25, 0.3) is 0 Å². The minimum absolute atomic E-state index is 0.202. The van der Waals surface area contributed by atoms with Gasteiger partial charge in [-0.2, -0.15) is 5.43 Å². The van der Waals surface area contributed by atoms with Gasteiger partial charge in [-0.3, -0.25) is 11.2 Å². The second-order valence-corrected chi connectivity index (χ2v) is 3.90. The lowest BCUT2D eigenvalue weighted by Crippen LogP contribution is -2.50. The van der Waals surface area contributed by atoms with Crippen molar-refractivity contribution in [3.63, 3.8) is 0 Å². The molecule has 15 heavy (non-hydrogen) atoms. The molecule has 1 unspecified atom stereocenters. The number of halogens is 2. The van der Waals surface area contributed by atoms with Gasteiger partial charge in [-0.25, -0.2) is 4.99 Å². The number of guanidine groups is 1. The van der Waals surface area contributed by atoms with E-state index in [9.17, 15) is 0 Å². The maximum atomic E-state index is 6.02. The van der Waals surface area contributed by atoms with Crippen molar-refractivity contribution in [2.45, 2.75) is 5.79 Å². The van der Waals surface area contributed by atoms with Crippen molar-refractivity contribution in [3.8, 4) is 0 Å². The summed E-state index contributed by atoms with van der Waals surface area (Å²) in [6.07, 6.45) is 0. The first-order chi connectivity index (χ1) is 7.03. The molecule has 0 amide bonds. The van der Waals surface area contributed by atoms with Crippen LogP contribution in [0.4, 0.5) is 0 Å². The molecule has 0 fully saturated rings. The molecule has 0 bridgehead atoms. The highest BCUT2D eigenvalue weighted by Gasteiger charge is 2.33. The maximum absolute atomic E-state index is 6.02. The Hall–Kier alpha value is -1.01. The van der Waals surface area contributed by atoms with Gasteiger partial charge in [-0.1, -0.05) is 35.3 Å². The predicted octanol–water partition coefficient (Wildman–Crippen LogP) is 0.485. The van der Waals surface area contributed by atoms with Crippen LogP contribution >= 0.6 is 23.2 Å². The number of nitrogens with two attached hydrogens (primary N) is 2. The molecule has 1 heterocycles. The molecule has 7 heteroatoms. The fraction of sp³-hybridized carbons (Fsp3) is 0.125. The number of benzene rings is 1. The minimum Gasteiger partial charge on any atom is -0.369 e. The Morgan fingerprint density at radius 1 is 1.33 bits per heavy atom. The van der Waals surface area contributed by atoms with Crippen LogP contribution in [0.3, 0.4) is 0 Å². The highest BCUT2D eigenvalue weighted by molar-refractivity contribution is 6.42. The number of rotatable bonds is 1. The number of hydrogen-bond acceptors (Lipinski definition) is 5. The Bertz CT molecular complexity index is 433. The summed E-state index contributed by atoms with van der Waals surface area (Å²) in [6, 6.07) is 5.14. The molecule has 1 aromatic rings. The number of nitrogens with one attached hydrogen (secondary N) is 2. The monoisotopic (exact) mass is 245 g/mol. The molecule has 0 saturated heterocycles. The summed E-state index contributed by atoms with van der Waals surface area (Å²) in [5.74, 6) is -0.972. The van der Waals surface area contributed by atoms with Gasteiger partial charge >= 0.3 is 0 Å². The highest BCUT2D eigenvalue weighted by atomic mass is 35.5. The van der Waals surface area contributed by atoms with Crippen LogP contribution in [-0.4, -0.2) is 5.96 Å². The molecule has 6 N–H and O–H groups in total. The van der Waals surface area contributed by atoms with Crippen molar-refractivity contribution in [2.75, 3.05) is 0 Å². The van der Waals surface area contributed by atoms with Crippen LogP contribution < -0.4 is 22.3 Å². The van der Waals surface area contributed by atoms with E-state index in [4.69, 9.17) is 34.7 Å². The first kappa shape index (κ1) is 10.5. The molecular formula is C8H9Cl2N5. The van der Waals surface area contributed by atoms with Crippen molar-refractivity contribution >= 4 is 29.2 Å². The van der Waals surface area contributed by atoms with Crippen LogP contribution in [0.15, 0.2) is 23.2 Å². The highest BCUT2D eigenvalue weighted by Crippen LogP contribution is 2.31. The van der Waals surface area contributed by atoms with Crippen molar-refractivity contribution in [1.29, 1.82) is 0 Å². The van der Waals surface area contributed by atoms with E-state index < -0.39 is 5.79 Å². The quantitative estimate of drug-likeness (QED) is 0.580. The largest absolute Gasteiger partial charge is 0.369 e. The molecule has 0 spiro atoms. The number of hydrogen-bond donors (Lipinski definition) is 4. The van der Waals surface area contributed by atoms with Crippen LogP contribution in [0.5, 0.6) is 0 Å². The SMILES string of the molecule is NC1=NC(N)(c2cccc(Cl)c2Cl)NN1. The van der Waals surface area contributed by atoms with Gasteiger partial charge in [0, 0.05) is 5.56 Å². The summed E-state index contributed by atoms with van der Waals surface area (Å²) in [7, 11) is 0. The van der Waals surface area contributed by atoms with Gasteiger partial charge in [-0.15, -0.1) is 0 Å². The molecule has 0 saturated carbocycles. The predicted molar refractivity (Wildman–Crippen MR) is 60.2 cm³/mol. The molecule has 0 aromatic heterocycles. The molecule has 80 valence electrons. The smallest absolute Gasteiger partial charge is 0.210 e. The molecule has 1 aromatic carbocycles. The van der Waals surface area contributed by atoms with E-state index in [-0.39, 0.29) is 5.96 Å². The zero-order valence-corrected chi connectivity index (χ0v) is 9.10. The molecule has 0 radical (unpaired) electrons. The summed E-state index contributed by atoms with van der Waals surface area (Å²) in [4.78, 5) is 4.00. The molecule has 1 aliphatic rings. The van der Waals surface area contributed by atoms with Crippen molar-refractivity contribution < 1.29 is 0 Å². The number of nitrogens with zero attached hydrogens (tertiary/aromatic N) is 1. The van der Waals surface area contributed by atoms with Crippen LogP contribution in [0.2, 0.25) is 10.0 Å². The van der Waals surface area contributed by atoms with E-state index in [1.165, 1.54) is 0 Å². The normalized spacial score (nSPS) is 24.9. The summed E-state index contributed by atoms with van der Waals surface area (Å²) in [5.41, 5.74) is 17.3. The Morgan fingerprint density at radius 2 is 2.07 bits per heavy atom. The average molecular weight is 246 g/mol. The molecule has 5 nitrogen and oxygen atoms in total. The Kier molecular flexibility index (Phi) is 2.47. The van der Waals surface area contributed by atoms with Gasteiger partial charge in [0.1, 0.15) is 0 Å². The summed E-state index contributed by atoms with van der Waals surface area (Å²) in [6.45, 7) is 0. The van der Waals surface area contributed by atoms with Gasteiger partial charge in [-0.05, 0) is 6.07 Å². The first-order valence-electron chi connectivity index (χ1n) is 4.15. The van der Waals surface area contributed by atoms with E-state index in [0.29, 0.717) is 15.6 Å².